The van der Waals surface area contributed by atoms with Crippen LogP contribution in [0.1, 0.15) is 103 Å². The van der Waals surface area contributed by atoms with E-state index >= 15 is 0 Å². The van der Waals surface area contributed by atoms with Crippen LogP contribution in [0.15, 0.2) is 340 Å². The second kappa shape index (κ2) is 38.1. The molecule has 8 heteroatoms. The molecule has 4 saturated carbocycles. The monoisotopic (exact) mass is 1580 g/mol. The van der Waals surface area contributed by atoms with Crippen LogP contribution in [0.25, 0.3) is 132 Å². The first-order valence-corrected chi connectivity index (χ1v) is 43.0. The standard InChI is InChI=1S/4C28H26O2/c4*1-29-27-19-25(21-12-6-3-7-13-21)24-17-16-22(20-10-4-2-5-11-20)18-26(24)28(27)30-23-14-8-9-15-23/h4*2-7,10-13,16-19,23H,8-9,14-15H2,1H3. The molecule has 8 nitrogen and oxygen atoms in total. The summed E-state index contributed by atoms with van der Waals surface area (Å²) >= 11 is 0. The van der Waals surface area contributed by atoms with Crippen LogP contribution in [0.2, 0.25) is 0 Å². The summed E-state index contributed by atoms with van der Waals surface area (Å²) in [6, 6.07) is 119. The Morgan fingerprint density at radius 2 is 0.333 bits per heavy atom. The van der Waals surface area contributed by atoms with E-state index in [1.807, 2.05) is 24.3 Å². The molecule has 0 unspecified atom stereocenters. The molecule has 20 rings (SSSR count). The summed E-state index contributed by atoms with van der Waals surface area (Å²) in [5.74, 6) is 6.70. The molecule has 0 bridgehead atoms. The van der Waals surface area contributed by atoms with Gasteiger partial charge in [0.15, 0.2) is 46.0 Å². The average molecular weight is 1580 g/mol. The fraction of sp³-hybridized carbons (Fsp3) is 0.214. The number of methoxy groups -OCH3 is 4. The van der Waals surface area contributed by atoms with Crippen molar-refractivity contribution in [3.8, 4) is 135 Å². The molecule has 0 spiro atoms. The van der Waals surface area contributed by atoms with Crippen molar-refractivity contribution in [2.45, 2.75) is 127 Å². The highest BCUT2D eigenvalue weighted by molar-refractivity contribution is 6.08. The molecule has 0 aliphatic heterocycles. The van der Waals surface area contributed by atoms with Gasteiger partial charge in [0, 0.05) is 21.5 Å². The third-order valence-electron chi connectivity index (χ3n) is 24.2. The molecule has 16 aromatic rings. The minimum absolute atomic E-state index is 0.269. The second-order valence-electron chi connectivity index (χ2n) is 31.9. The highest BCUT2D eigenvalue weighted by Gasteiger charge is 2.28. The van der Waals surface area contributed by atoms with Gasteiger partial charge in [-0.1, -0.05) is 291 Å². The summed E-state index contributed by atoms with van der Waals surface area (Å²) in [4.78, 5) is 0. The van der Waals surface area contributed by atoms with E-state index in [1.165, 1.54) is 162 Å². The van der Waals surface area contributed by atoms with Crippen molar-refractivity contribution in [1.29, 1.82) is 0 Å². The largest absolute Gasteiger partial charge is 0.493 e. The van der Waals surface area contributed by atoms with E-state index in [0.717, 1.165) is 119 Å². The summed E-state index contributed by atoms with van der Waals surface area (Å²) in [6.45, 7) is 0. The van der Waals surface area contributed by atoms with E-state index in [9.17, 15) is 0 Å². The van der Waals surface area contributed by atoms with Gasteiger partial charge >= 0.3 is 0 Å². The molecule has 4 aliphatic rings. The molecule has 600 valence electrons. The molecule has 4 fully saturated rings. The number of hydrogen-bond acceptors (Lipinski definition) is 8. The number of benzene rings is 16. The minimum atomic E-state index is 0.269. The summed E-state index contributed by atoms with van der Waals surface area (Å²) in [5.41, 5.74) is 19.0. The van der Waals surface area contributed by atoms with Gasteiger partial charge in [-0.15, -0.1) is 0 Å². The van der Waals surface area contributed by atoms with Crippen molar-refractivity contribution in [3.63, 3.8) is 0 Å². The summed E-state index contributed by atoms with van der Waals surface area (Å²) in [7, 11) is 6.94. The molecule has 0 atom stereocenters. The van der Waals surface area contributed by atoms with E-state index in [4.69, 9.17) is 37.9 Å². The summed E-state index contributed by atoms with van der Waals surface area (Å²) < 4.78 is 49.7. The summed E-state index contributed by atoms with van der Waals surface area (Å²) in [6.07, 6.45) is 19.9. The molecular weight excluding hydrogens is 1470 g/mol. The van der Waals surface area contributed by atoms with Crippen LogP contribution in [-0.2, 0) is 0 Å². The SMILES string of the molecule is COc1cc(-c2ccccc2)c2ccc(-c3ccccc3)cc2c1OC1CCCC1.COc1cc(-c2ccccc2)c2ccc(-c3ccccc3)cc2c1OC1CCCC1.COc1cc(-c2ccccc2)c2ccc(-c3ccccc3)cc2c1OC1CCCC1.COc1cc(-c2ccccc2)c2ccc(-c3ccccc3)cc2c1OC1CCCC1. The van der Waals surface area contributed by atoms with Gasteiger partial charge < -0.3 is 37.9 Å². The van der Waals surface area contributed by atoms with Crippen molar-refractivity contribution in [2.75, 3.05) is 28.4 Å². The first kappa shape index (κ1) is 79.4. The lowest BCUT2D eigenvalue weighted by atomic mass is 9.94. The van der Waals surface area contributed by atoms with Crippen LogP contribution >= 0.6 is 0 Å². The second-order valence-corrected chi connectivity index (χ2v) is 31.9. The van der Waals surface area contributed by atoms with Crippen molar-refractivity contribution < 1.29 is 37.9 Å². The average Bonchev–Trinajstić information content (AvgIpc) is 1.16. The lowest BCUT2D eigenvalue weighted by molar-refractivity contribution is 0.203. The Labute approximate surface area is 706 Å². The number of rotatable bonds is 20. The highest BCUT2D eigenvalue weighted by Crippen LogP contribution is 2.51. The van der Waals surface area contributed by atoms with Crippen LogP contribution in [0.3, 0.4) is 0 Å². The summed E-state index contributed by atoms with van der Waals surface area (Å²) in [5, 5.41) is 9.21. The Balaban J connectivity index is 0.000000114. The van der Waals surface area contributed by atoms with Gasteiger partial charge in [-0.3, -0.25) is 0 Å². The smallest absolute Gasteiger partial charge is 0.169 e. The van der Waals surface area contributed by atoms with Crippen LogP contribution in [0.4, 0.5) is 0 Å². The zero-order valence-corrected chi connectivity index (χ0v) is 69.2. The minimum Gasteiger partial charge on any atom is -0.493 e. The van der Waals surface area contributed by atoms with Crippen LogP contribution < -0.4 is 37.9 Å². The molecule has 0 amide bonds. The van der Waals surface area contributed by atoms with Gasteiger partial charge in [0.25, 0.3) is 0 Å². The normalized spacial score (nSPS) is 14.2. The van der Waals surface area contributed by atoms with Crippen molar-refractivity contribution >= 4 is 43.1 Å². The lowest BCUT2D eigenvalue weighted by Gasteiger charge is -2.20. The van der Waals surface area contributed by atoms with Crippen LogP contribution in [0, 0.1) is 0 Å². The quantitative estimate of drug-likeness (QED) is 0.0747. The maximum atomic E-state index is 6.57. The third-order valence-corrected chi connectivity index (χ3v) is 24.2. The third kappa shape index (κ3) is 18.0. The maximum Gasteiger partial charge on any atom is 0.169 e. The predicted octanol–water partition coefficient (Wildman–Crippen LogP) is 30.0. The van der Waals surface area contributed by atoms with Gasteiger partial charge in [-0.2, -0.15) is 0 Å². The molecule has 0 heterocycles. The zero-order valence-electron chi connectivity index (χ0n) is 69.2. The van der Waals surface area contributed by atoms with E-state index in [2.05, 4.69) is 315 Å². The van der Waals surface area contributed by atoms with E-state index in [0.29, 0.717) is 0 Å². The first-order chi connectivity index (χ1) is 59.3. The number of hydrogen-bond donors (Lipinski definition) is 0. The predicted molar refractivity (Wildman–Crippen MR) is 497 cm³/mol. The highest BCUT2D eigenvalue weighted by atomic mass is 16.5. The van der Waals surface area contributed by atoms with Crippen molar-refractivity contribution in [3.05, 3.63) is 340 Å². The molecule has 0 radical (unpaired) electrons. The Hall–Kier alpha value is -13.0. The van der Waals surface area contributed by atoms with E-state index in [1.54, 1.807) is 28.4 Å². The molecule has 120 heavy (non-hydrogen) atoms. The van der Waals surface area contributed by atoms with Gasteiger partial charge in [0.05, 0.1) is 52.9 Å². The van der Waals surface area contributed by atoms with Gasteiger partial charge in [-0.05, 0) is 262 Å². The van der Waals surface area contributed by atoms with Crippen LogP contribution in [0.5, 0.6) is 46.0 Å². The molecule has 0 N–H and O–H groups in total. The fourth-order valence-corrected chi connectivity index (χ4v) is 17.9. The van der Waals surface area contributed by atoms with Crippen LogP contribution in [-0.4, -0.2) is 52.9 Å². The lowest BCUT2D eigenvalue weighted by Crippen LogP contribution is -2.12. The molecule has 16 aromatic carbocycles. The van der Waals surface area contributed by atoms with Crippen molar-refractivity contribution in [2.24, 2.45) is 0 Å². The first-order valence-electron chi connectivity index (χ1n) is 43.0. The molecule has 0 aromatic heterocycles. The van der Waals surface area contributed by atoms with Gasteiger partial charge in [-0.25, -0.2) is 0 Å². The Morgan fingerprint density at radius 1 is 0.167 bits per heavy atom. The Morgan fingerprint density at radius 3 is 0.500 bits per heavy atom. The number of fused-ring (bicyclic) bond motifs is 4. The van der Waals surface area contributed by atoms with Crippen molar-refractivity contribution in [1.82, 2.24) is 0 Å². The molecular formula is C112H104O8. The maximum absolute atomic E-state index is 6.57. The zero-order chi connectivity index (χ0) is 81.4. The topological polar surface area (TPSA) is 73.8 Å². The fourth-order valence-electron chi connectivity index (χ4n) is 17.9. The van der Waals surface area contributed by atoms with E-state index in [-0.39, 0.29) is 24.4 Å². The Bertz CT molecular complexity index is 5330. The van der Waals surface area contributed by atoms with Gasteiger partial charge in [0.2, 0.25) is 0 Å². The number of ether oxygens (including phenoxy) is 8. The van der Waals surface area contributed by atoms with Gasteiger partial charge in [0.1, 0.15) is 0 Å². The Kier molecular flexibility index (Phi) is 25.2. The molecule has 4 aliphatic carbocycles. The molecule has 0 saturated heterocycles. The van der Waals surface area contributed by atoms with E-state index < -0.39 is 0 Å².